The molecule has 0 aromatic carbocycles. The lowest BCUT2D eigenvalue weighted by molar-refractivity contribution is 0.280. The standard InChI is InChI=1S/C12H19N5O3S2/c1-8(2)12-14-11(6-17(12)3)22(19,20)13-5-4-9-15-16-10(7-18)21-9/h6,8,13,18H,4-5,7H2,1-3H3. The molecule has 0 unspecified atom stereocenters. The minimum atomic E-state index is -3.64. The highest BCUT2D eigenvalue weighted by atomic mass is 32.2. The predicted molar refractivity (Wildman–Crippen MR) is 82.0 cm³/mol. The zero-order valence-electron chi connectivity index (χ0n) is 12.6. The first kappa shape index (κ1) is 17.0. The molecule has 2 N–H and O–H groups in total. The molecule has 10 heteroatoms. The van der Waals surface area contributed by atoms with Crippen LogP contribution in [-0.4, -0.2) is 39.8 Å². The van der Waals surface area contributed by atoms with Crippen molar-refractivity contribution in [2.45, 2.75) is 37.8 Å². The molecule has 0 bridgehead atoms. The second kappa shape index (κ2) is 6.82. The number of sulfonamides is 1. The number of aryl methyl sites for hydroxylation is 1. The average molecular weight is 345 g/mol. The summed E-state index contributed by atoms with van der Waals surface area (Å²) in [7, 11) is -1.86. The number of hydrogen-bond acceptors (Lipinski definition) is 7. The maximum Gasteiger partial charge on any atom is 0.259 e. The fraction of sp³-hybridized carbons (Fsp3) is 0.583. The first-order valence-electron chi connectivity index (χ1n) is 6.78. The summed E-state index contributed by atoms with van der Waals surface area (Å²) in [6.07, 6.45) is 1.92. The van der Waals surface area contributed by atoms with Crippen LogP contribution in [0.15, 0.2) is 11.2 Å². The van der Waals surface area contributed by atoms with E-state index in [1.807, 2.05) is 13.8 Å². The molecule has 0 radical (unpaired) electrons. The molecule has 0 spiro atoms. The number of rotatable bonds is 7. The number of aromatic nitrogens is 4. The Labute approximate surface area is 133 Å². The highest BCUT2D eigenvalue weighted by Crippen LogP contribution is 2.16. The Morgan fingerprint density at radius 1 is 1.36 bits per heavy atom. The predicted octanol–water partition coefficient (Wildman–Crippen LogP) is 0.408. The van der Waals surface area contributed by atoms with E-state index in [1.54, 1.807) is 11.6 Å². The Balaban J connectivity index is 2.00. The van der Waals surface area contributed by atoms with Crippen LogP contribution in [0.3, 0.4) is 0 Å². The Bertz CT molecular complexity index is 736. The summed E-state index contributed by atoms with van der Waals surface area (Å²) < 4.78 is 28.6. The first-order valence-corrected chi connectivity index (χ1v) is 9.08. The van der Waals surface area contributed by atoms with Crippen LogP contribution in [0.25, 0.3) is 0 Å². The normalized spacial score (nSPS) is 12.2. The monoisotopic (exact) mass is 345 g/mol. The van der Waals surface area contributed by atoms with Gasteiger partial charge < -0.3 is 9.67 Å². The molecule has 2 aromatic heterocycles. The highest BCUT2D eigenvalue weighted by Gasteiger charge is 2.20. The van der Waals surface area contributed by atoms with Crippen molar-refractivity contribution < 1.29 is 13.5 Å². The van der Waals surface area contributed by atoms with E-state index in [-0.39, 0.29) is 24.1 Å². The smallest absolute Gasteiger partial charge is 0.259 e. The highest BCUT2D eigenvalue weighted by molar-refractivity contribution is 7.89. The van der Waals surface area contributed by atoms with Crippen molar-refractivity contribution >= 4 is 21.4 Å². The topological polar surface area (TPSA) is 110 Å². The van der Waals surface area contributed by atoms with E-state index >= 15 is 0 Å². The SMILES string of the molecule is CC(C)c1nc(S(=O)(=O)NCCc2nnc(CO)s2)cn1C. The van der Waals surface area contributed by atoms with Crippen molar-refractivity contribution in [3.63, 3.8) is 0 Å². The fourth-order valence-electron chi connectivity index (χ4n) is 1.94. The lowest BCUT2D eigenvalue weighted by Gasteiger charge is -2.03. The summed E-state index contributed by atoms with van der Waals surface area (Å²) in [4.78, 5) is 4.18. The van der Waals surface area contributed by atoms with E-state index in [9.17, 15) is 8.42 Å². The van der Waals surface area contributed by atoms with Crippen molar-refractivity contribution in [1.29, 1.82) is 0 Å². The zero-order valence-corrected chi connectivity index (χ0v) is 14.3. The molecule has 0 saturated heterocycles. The Morgan fingerprint density at radius 3 is 2.59 bits per heavy atom. The summed E-state index contributed by atoms with van der Waals surface area (Å²) in [6.45, 7) is 3.96. The van der Waals surface area contributed by atoms with Crippen molar-refractivity contribution in [3.8, 4) is 0 Å². The molecule has 22 heavy (non-hydrogen) atoms. The van der Waals surface area contributed by atoms with Gasteiger partial charge in [-0.15, -0.1) is 10.2 Å². The summed E-state index contributed by atoms with van der Waals surface area (Å²) >= 11 is 1.26. The van der Waals surface area contributed by atoms with Crippen molar-refractivity contribution in [1.82, 2.24) is 24.5 Å². The van der Waals surface area contributed by atoms with Gasteiger partial charge in [-0.25, -0.2) is 18.1 Å². The molecule has 0 aliphatic heterocycles. The molecule has 0 saturated carbocycles. The van der Waals surface area contributed by atoms with Gasteiger partial charge in [0.1, 0.15) is 15.8 Å². The molecule has 2 rings (SSSR count). The lowest BCUT2D eigenvalue weighted by atomic mass is 10.2. The Kier molecular flexibility index (Phi) is 5.27. The molecule has 0 fully saturated rings. The minimum absolute atomic E-state index is 0.0204. The van der Waals surface area contributed by atoms with E-state index in [1.165, 1.54) is 17.5 Å². The molecular weight excluding hydrogens is 326 g/mol. The lowest BCUT2D eigenvalue weighted by Crippen LogP contribution is -2.26. The van der Waals surface area contributed by atoms with Gasteiger partial charge in [0.05, 0.1) is 6.61 Å². The number of nitrogens with one attached hydrogen (secondary N) is 1. The van der Waals surface area contributed by atoms with Crippen LogP contribution in [0.4, 0.5) is 0 Å². The third kappa shape index (κ3) is 3.88. The Hall–Kier alpha value is -1.36. The second-order valence-electron chi connectivity index (χ2n) is 5.10. The number of imidazole rings is 1. The molecule has 2 heterocycles. The van der Waals surface area contributed by atoms with Crippen LogP contribution in [0.5, 0.6) is 0 Å². The van der Waals surface area contributed by atoms with E-state index in [4.69, 9.17) is 5.11 Å². The number of aliphatic hydroxyl groups excluding tert-OH is 1. The van der Waals surface area contributed by atoms with E-state index < -0.39 is 10.0 Å². The summed E-state index contributed by atoms with van der Waals surface area (Å²) in [5, 5.41) is 17.8. The van der Waals surface area contributed by atoms with Crippen LogP contribution >= 0.6 is 11.3 Å². The number of nitrogens with zero attached hydrogens (tertiary/aromatic N) is 4. The molecule has 8 nitrogen and oxygen atoms in total. The van der Waals surface area contributed by atoms with Gasteiger partial charge >= 0.3 is 0 Å². The van der Waals surface area contributed by atoms with Gasteiger partial charge in [-0.1, -0.05) is 25.2 Å². The van der Waals surface area contributed by atoms with E-state index in [0.29, 0.717) is 16.4 Å². The van der Waals surface area contributed by atoms with Gasteiger partial charge in [0.25, 0.3) is 10.0 Å². The van der Waals surface area contributed by atoms with Gasteiger partial charge in [0.2, 0.25) is 0 Å². The van der Waals surface area contributed by atoms with E-state index in [0.717, 1.165) is 5.82 Å². The summed E-state index contributed by atoms with van der Waals surface area (Å²) in [5.41, 5.74) is 0. The number of aliphatic hydroxyl groups is 1. The van der Waals surface area contributed by atoms with Crippen LogP contribution in [0.2, 0.25) is 0 Å². The molecule has 0 aliphatic rings. The van der Waals surface area contributed by atoms with Crippen molar-refractivity contribution in [2.24, 2.45) is 7.05 Å². The average Bonchev–Trinajstić information content (AvgIpc) is 3.05. The van der Waals surface area contributed by atoms with Gasteiger partial charge in [-0.3, -0.25) is 0 Å². The molecule has 2 aromatic rings. The molecule has 0 aliphatic carbocycles. The van der Waals surface area contributed by atoms with Gasteiger partial charge in [-0.05, 0) is 0 Å². The van der Waals surface area contributed by atoms with Crippen LogP contribution in [-0.2, 0) is 30.1 Å². The molecule has 122 valence electrons. The summed E-state index contributed by atoms with van der Waals surface area (Å²) in [6, 6.07) is 0. The third-order valence-electron chi connectivity index (χ3n) is 2.96. The summed E-state index contributed by atoms with van der Waals surface area (Å²) in [5.74, 6) is 0.865. The van der Waals surface area contributed by atoms with Crippen molar-refractivity contribution in [2.75, 3.05) is 6.54 Å². The second-order valence-corrected chi connectivity index (χ2v) is 7.96. The first-order chi connectivity index (χ1) is 10.3. The Morgan fingerprint density at radius 2 is 2.05 bits per heavy atom. The van der Waals surface area contributed by atoms with Crippen LogP contribution in [0.1, 0.15) is 35.6 Å². The third-order valence-corrected chi connectivity index (χ3v) is 5.26. The zero-order chi connectivity index (χ0) is 16.3. The molecule has 0 amide bonds. The molecule has 0 atom stereocenters. The number of hydrogen-bond donors (Lipinski definition) is 2. The molecular formula is C12H19N5O3S2. The van der Waals surface area contributed by atoms with Gasteiger partial charge in [-0.2, -0.15) is 0 Å². The maximum absolute atomic E-state index is 12.2. The van der Waals surface area contributed by atoms with E-state index in [2.05, 4.69) is 19.9 Å². The minimum Gasteiger partial charge on any atom is -0.389 e. The quantitative estimate of drug-likeness (QED) is 0.752. The van der Waals surface area contributed by atoms with Crippen molar-refractivity contribution in [3.05, 3.63) is 22.0 Å². The van der Waals surface area contributed by atoms with Crippen LogP contribution < -0.4 is 4.72 Å². The van der Waals surface area contributed by atoms with Gasteiger partial charge in [0, 0.05) is 32.1 Å². The van der Waals surface area contributed by atoms with Crippen LogP contribution in [0, 0.1) is 0 Å². The maximum atomic E-state index is 12.2. The largest absolute Gasteiger partial charge is 0.389 e. The van der Waals surface area contributed by atoms with Gasteiger partial charge in [0.15, 0.2) is 5.03 Å². The fourth-order valence-corrected chi connectivity index (χ4v) is 3.67.